The topological polar surface area (TPSA) is 86.0 Å². The molecule has 2 aromatic carbocycles. The van der Waals surface area contributed by atoms with Crippen LogP contribution in [-0.4, -0.2) is 61.9 Å². The van der Waals surface area contributed by atoms with Gasteiger partial charge in [-0.1, -0.05) is 36.4 Å². The summed E-state index contributed by atoms with van der Waals surface area (Å²) in [5.74, 6) is 2.40. The molecule has 0 radical (unpaired) electrons. The van der Waals surface area contributed by atoms with Crippen molar-refractivity contribution in [2.45, 2.75) is 87.1 Å². The standard InChI is InChI=1S/C34H43N3O4/c1-20(30(35)38)36-28(22-7-5-4-6-8-22)24-18-32-13-14-34(24,40-3)31-33(32)15-16-37(19-21-9-10-21)26(32)17-23-11-12-25(39-2)29(41-31)27(23)33/h4-8,11-12,20-21,24,26,28,31,36H,9-10,13-19H2,1-3H3,(H2,35,38)/t20?,24-,26-,28-,31-,32-,33+,34-/m1/s1. The predicted molar refractivity (Wildman–Crippen MR) is 156 cm³/mol. The molecule has 8 atom stereocenters. The van der Waals surface area contributed by atoms with E-state index in [9.17, 15) is 4.79 Å². The van der Waals surface area contributed by atoms with Gasteiger partial charge in [0.15, 0.2) is 11.5 Å². The van der Waals surface area contributed by atoms with Crippen molar-refractivity contribution in [1.82, 2.24) is 10.2 Å². The zero-order valence-corrected chi connectivity index (χ0v) is 24.5. The Morgan fingerprint density at radius 1 is 1.15 bits per heavy atom. The number of ether oxygens (including phenoxy) is 3. The van der Waals surface area contributed by atoms with Crippen LogP contribution in [0.2, 0.25) is 0 Å². The van der Waals surface area contributed by atoms with E-state index >= 15 is 0 Å². The van der Waals surface area contributed by atoms with Crippen LogP contribution in [0.25, 0.3) is 0 Å². The van der Waals surface area contributed by atoms with E-state index in [-0.39, 0.29) is 34.8 Å². The number of benzene rings is 2. The minimum atomic E-state index is -0.519. The van der Waals surface area contributed by atoms with Crippen molar-refractivity contribution in [1.29, 1.82) is 0 Å². The fraction of sp³-hybridized carbons (Fsp3) is 0.618. The van der Waals surface area contributed by atoms with Crippen molar-refractivity contribution in [2.24, 2.45) is 23.0 Å². The summed E-state index contributed by atoms with van der Waals surface area (Å²) in [6.07, 6.45) is 7.87. The summed E-state index contributed by atoms with van der Waals surface area (Å²) < 4.78 is 20.0. The van der Waals surface area contributed by atoms with Gasteiger partial charge in [-0.25, -0.2) is 0 Å². The van der Waals surface area contributed by atoms with Gasteiger partial charge in [-0.2, -0.15) is 0 Å². The summed E-state index contributed by atoms with van der Waals surface area (Å²) >= 11 is 0. The first-order valence-electron chi connectivity index (χ1n) is 15.6. The van der Waals surface area contributed by atoms with Crippen LogP contribution in [0.1, 0.15) is 68.2 Å². The number of hydrogen-bond acceptors (Lipinski definition) is 6. The smallest absolute Gasteiger partial charge is 0.234 e. The molecule has 9 rings (SSSR count). The molecule has 2 spiro atoms. The molecule has 41 heavy (non-hydrogen) atoms. The number of carbonyl (C=O) groups is 1. The number of nitrogens with one attached hydrogen (secondary N) is 1. The van der Waals surface area contributed by atoms with Crippen molar-refractivity contribution in [3.63, 3.8) is 0 Å². The lowest BCUT2D eigenvalue weighted by Gasteiger charge is -2.74. The fourth-order valence-corrected chi connectivity index (χ4v) is 10.5. The Kier molecular flexibility index (Phi) is 5.68. The maximum atomic E-state index is 12.4. The molecule has 5 aliphatic carbocycles. The first kappa shape index (κ1) is 26.1. The Hall–Kier alpha value is -2.61. The van der Waals surface area contributed by atoms with Gasteiger partial charge in [0.05, 0.1) is 13.2 Å². The average Bonchev–Trinajstić information content (AvgIpc) is 3.74. The number of fused-ring (bicyclic) bond motifs is 2. The van der Waals surface area contributed by atoms with E-state index < -0.39 is 11.6 Å². The van der Waals surface area contributed by atoms with Crippen LogP contribution in [0.15, 0.2) is 42.5 Å². The summed E-state index contributed by atoms with van der Waals surface area (Å²) in [5, 5.41) is 3.70. The predicted octanol–water partition coefficient (Wildman–Crippen LogP) is 4.12. The van der Waals surface area contributed by atoms with E-state index in [4.69, 9.17) is 19.9 Å². The highest BCUT2D eigenvalue weighted by atomic mass is 16.6. The highest BCUT2D eigenvalue weighted by Crippen LogP contribution is 2.77. The maximum absolute atomic E-state index is 12.4. The molecule has 218 valence electrons. The average molecular weight is 558 g/mol. The van der Waals surface area contributed by atoms with E-state index in [1.807, 2.05) is 14.0 Å². The molecule has 2 heterocycles. The summed E-state index contributed by atoms with van der Waals surface area (Å²) in [5.41, 5.74) is 9.30. The molecular weight excluding hydrogens is 514 g/mol. The molecule has 2 aromatic rings. The SMILES string of the molecule is COc1ccc2c3c1O[C@H]1[C@@]4(OC)CC[C@@]5(C[C@@H]4[C@H](NC(C)C(N)=O)c4ccccc4)[C@@H](C2)N(CC2CC2)CC[C@]315. The number of likely N-dealkylation sites (tertiary alicyclic amines) is 1. The minimum Gasteiger partial charge on any atom is -0.493 e. The van der Waals surface area contributed by atoms with E-state index in [1.54, 1.807) is 7.11 Å². The Morgan fingerprint density at radius 2 is 1.95 bits per heavy atom. The van der Waals surface area contributed by atoms with Crippen molar-refractivity contribution in [3.05, 3.63) is 59.2 Å². The number of piperidine rings is 1. The van der Waals surface area contributed by atoms with Gasteiger partial charge in [0, 0.05) is 48.0 Å². The van der Waals surface area contributed by atoms with Crippen molar-refractivity contribution < 1.29 is 19.0 Å². The van der Waals surface area contributed by atoms with E-state index in [0.29, 0.717) is 6.04 Å². The van der Waals surface area contributed by atoms with Crippen LogP contribution in [0.4, 0.5) is 0 Å². The molecule has 2 aliphatic heterocycles. The monoisotopic (exact) mass is 557 g/mol. The fourth-order valence-electron chi connectivity index (χ4n) is 10.5. The minimum absolute atomic E-state index is 0.0606. The number of hydrogen-bond donors (Lipinski definition) is 2. The van der Waals surface area contributed by atoms with Crippen molar-refractivity contribution >= 4 is 5.91 Å². The third kappa shape index (κ3) is 3.29. The number of nitrogens with zero attached hydrogens (tertiary/aromatic N) is 1. The molecule has 5 fully saturated rings. The Morgan fingerprint density at radius 3 is 2.66 bits per heavy atom. The van der Waals surface area contributed by atoms with Gasteiger partial charge in [0.1, 0.15) is 11.7 Å². The molecule has 4 saturated carbocycles. The van der Waals surface area contributed by atoms with Gasteiger partial charge in [-0.15, -0.1) is 0 Å². The van der Waals surface area contributed by atoms with Crippen LogP contribution in [-0.2, 0) is 21.4 Å². The Bertz CT molecular complexity index is 1380. The number of rotatable bonds is 9. The third-order valence-electron chi connectivity index (χ3n) is 12.3. The van der Waals surface area contributed by atoms with Gasteiger partial charge < -0.3 is 19.9 Å². The van der Waals surface area contributed by atoms with Gasteiger partial charge in [-0.05, 0) is 81.5 Å². The first-order chi connectivity index (χ1) is 19.9. The number of amides is 1. The lowest BCUT2D eigenvalue weighted by Crippen LogP contribution is -2.81. The number of carbonyl (C=O) groups excluding carboxylic acids is 1. The summed E-state index contributed by atoms with van der Waals surface area (Å²) in [6.45, 7) is 4.21. The highest BCUT2D eigenvalue weighted by Gasteiger charge is 2.81. The molecule has 7 nitrogen and oxygen atoms in total. The molecule has 4 bridgehead atoms. The number of primary amides is 1. The normalized spacial score (nSPS) is 37.7. The van der Waals surface area contributed by atoms with Crippen LogP contribution < -0.4 is 20.5 Å². The molecule has 0 aromatic heterocycles. The highest BCUT2D eigenvalue weighted by molar-refractivity contribution is 5.79. The van der Waals surface area contributed by atoms with E-state index in [1.165, 1.54) is 36.1 Å². The molecule has 7 aliphatic rings. The van der Waals surface area contributed by atoms with Gasteiger partial charge in [-0.3, -0.25) is 15.0 Å². The Labute approximate surface area is 243 Å². The van der Waals surface area contributed by atoms with E-state index in [2.05, 4.69) is 52.7 Å². The van der Waals surface area contributed by atoms with Crippen LogP contribution >= 0.6 is 0 Å². The maximum Gasteiger partial charge on any atom is 0.234 e. The van der Waals surface area contributed by atoms with Gasteiger partial charge >= 0.3 is 0 Å². The summed E-state index contributed by atoms with van der Waals surface area (Å²) in [7, 11) is 3.64. The number of methoxy groups -OCH3 is 2. The zero-order valence-electron chi connectivity index (χ0n) is 24.5. The van der Waals surface area contributed by atoms with Crippen molar-refractivity contribution in [2.75, 3.05) is 27.3 Å². The Balaban J connectivity index is 1.33. The molecular formula is C34H43N3O4. The van der Waals surface area contributed by atoms with Crippen LogP contribution in [0.5, 0.6) is 11.5 Å². The summed E-state index contributed by atoms with van der Waals surface area (Å²) in [4.78, 5) is 15.2. The molecule has 3 N–H and O–H groups in total. The number of nitrogens with two attached hydrogens (primary N) is 1. The van der Waals surface area contributed by atoms with Gasteiger partial charge in [0.25, 0.3) is 0 Å². The van der Waals surface area contributed by atoms with E-state index in [0.717, 1.165) is 56.1 Å². The second kappa shape index (κ2) is 8.95. The second-order valence-electron chi connectivity index (χ2n) is 13.8. The van der Waals surface area contributed by atoms with Crippen LogP contribution in [0.3, 0.4) is 0 Å². The molecule has 1 amide bonds. The van der Waals surface area contributed by atoms with Gasteiger partial charge in [0.2, 0.25) is 5.91 Å². The summed E-state index contributed by atoms with van der Waals surface area (Å²) in [6, 6.07) is 14.9. The first-order valence-corrected chi connectivity index (χ1v) is 15.6. The molecule has 1 unspecified atom stereocenters. The second-order valence-corrected chi connectivity index (χ2v) is 13.8. The third-order valence-corrected chi connectivity index (χ3v) is 12.3. The molecule has 1 saturated heterocycles. The lowest BCUT2D eigenvalue weighted by atomic mass is 9.34. The molecule has 7 heteroatoms. The zero-order chi connectivity index (χ0) is 28.1. The largest absolute Gasteiger partial charge is 0.493 e. The lowest BCUT2D eigenvalue weighted by molar-refractivity contribution is -0.282. The quantitative estimate of drug-likeness (QED) is 0.483. The van der Waals surface area contributed by atoms with Crippen molar-refractivity contribution in [3.8, 4) is 11.5 Å². The van der Waals surface area contributed by atoms with Crippen LogP contribution in [0, 0.1) is 17.3 Å².